The summed E-state index contributed by atoms with van der Waals surface area (Å²) in [5.41, 5.74) is -2.46. The number of alkyl halides is 3. The lowest BCUT2D eigenvalue weighted by atomic mass is 10.1. The fraction of sp³-hybridized carbons (Fsp3) is 0.125. The van der Waals surface area contributed by atoms with Crippen LogP contribution in [0.2, 0.25) is 0 Å². The molecule has 1 rings (SSSR count). The molecule has 0 N–H and O–H groups in total. The van der Waals surface area contributed by atoms with Crippen LogP contribution in [-0.2, 0) is 6.18 Å². The first-order valence-electron chi connectivity index (χ1n) is 3.37. The molecule has 1 nitrogen and oxygen atoms in total. The van der Waals surface area contributed by atoms with E-state index in [-0.39, 0.29) is 18.4 Å². The second-order valence-corrected chi connectivity index (χ2v) is 2.47. The number of rotatable bonds is 1. The van der Waals surface area contributed by atoms with Gasteiger partial charge in [0.1, 0.15) is 11.6 Å². The molecule has 0 radical (unpaired) electrons. The third kappa shape index (κ3) is 1.89. The highest BCUT2D eigenvalue weighted by Crippen LogP contribution is 2.30. The van der Waals surface area contributed by atoms with Crippen LogP contribution in [0.15, 0.2) is 12.1 Å². The van der Waals surface area contributed by atoms with Gasteiger partial charge < -0.3 is 0 Å². The second-order valence-electron chi connectivity index (χ2n) is 2.47. The number of aldehydes is 1. The molecular formula is C8H3F5O. The number of hydrogen-bond acceptors (Lipinski definition) is 1. The van der Waals surface area contributed by atoms with Crippen molar-refractivity contribution in [3.05, 3.63) is 34.9 Å². The second kappa shape index (κ2) is 3.36. The Kier molecular flexibility index (Phi) is 2.55. The van der Waals surface area contributed by atoms with Crippen molar-refractivity contribution in [1.82, 2.24) is 0 Å². The Labute approximate surface area is 75.2 Å². The van der Waals surface area contributed by atoms with E-state index >= 15 is 0 Å². The summed E-state index contributed by atoms with van der Waals surface area (Å²) in [6, 6.07) is 0.152. The zero-order chi connectivity index (χ0) is 10.9. The van der Waals surface area contributed by atoms with Crippen LogP contribution in [0, 0.1) is 11.6 Å². The molecule has 0 unspecified atom stereocenters. The van der Waals surface area contributed by atoms with Gasteiger partial charge in [-0.1, -0.05) is 0 Å². The molecule has 0 heterocycles. The Hall–Kier alpha value is -1.46. The third-order valence-corrected chi connectivity index (χ3v) is 1.52. The van der Waals surface area contributed by atoms with Gasteiger partial charge in [-0.2, -0.15) is 13.2 Å². The van der Waals surface area contributed by atoms with Crippen molar-refractivity contribution in [1.29, 1.82) is 0 Å². The Morgan fingerprint density at radius 1 is 1.07 bits per heavy atom. The number of benzene rings is 1. The molecule has 0 amide bonds. The molecule has 0 saturated heterocycles. The zero-order valence-electron chi connectivity index (χ0n) is 6.53. The van der Waals surface area contributed by atoms with E-state index in [2.05, 4.69) is 0 Å². The summed E-state index contributed by atoms with van der Waals surface area (Å²) in [5.74, 6) is -3.04. The predicted molar refractivity (Wildman–Crippen MR) is 36.7 cm³/mol. The Balaban J connectivity index is 3.35. The van der Waals surface area contributed by atoms with Gasteiger partial charge in [0.15, 0.2) is 6.29 Å². The number of hydrogen-bond donors (Lipinski definition) is 0. The first-order valence-corrected chi connectivity index (χ1v) is 3.37. The number of carbonyl (C=O) groups is 1. The minimum Gasteiger partial charge on any atom is -0.298 e. The smallest absolute Gasteiger partial charge is 0.298 e. The average molecular weight is 210 g/mol. The van der Waals surface area contributed by atoms with Crippen molar-refractivity contribution >= 4 is 6.29 Å². The van der Waals surface area contributed by atoms with Crippen LogP contribution in [0.3, 0.4) is 0 Å². The van der Waals surface area contributed by atoms with Gasteiger partial charge in [0.2, 0.25) is 0 Å². The highest BCUT2D eigenvalue weighted by molar-refractivity contribution is 5.75. The van der Waals surface area contributed by atoms with E-state index in [1.165, 1.54) is 0 Å². The molecule has 0 aliphatic carbocycles. The minimum atomic E-state index is -4.83. The summed E-state index contributed by atoms with van der Waals surface area (Å²) in [6.07, 6.45) is -5.01. The highest BCUT2D eigenvalue weighted by atomic mass is 19.4. The monoisotopic (exact) mass is 210 g/mol. The summed E-state index contributed by atoms with van der Waals surface area (Å²) in [6.45, 7) is 0. The summed E-state index contributed by atoms with van der Waals surface area (Å²) in [7, 11) is 0. The largest absolute Gasteiger partial charge is 0.416 e. The van der Waals surface area contributed by atoms with Gasteiger partial charge in [-0.15, -0.1) is 0 Å². The van der Waals surface area contributed by atoms with Crippen LogP contribution in [-0.4, -0.2) is 6.29 Å². The van der Waals surface area contributed by atoms with E-state index in [1.54, 1.807) is 0 Å². The van der Waals surface area contributed by atoms with Crippen LogP contribution >= 0.6 is 0 Å². The van der Waals surface area contributed by atoms with Gasteiger partial charge in [-0.05, 0) is 12.1 Å². The molecule has 0 aromatic heterocycles. The Bertz CT molecular complexity index is 345. The van der Waals surface area contributed by atoms with Crippen molar-refractivity contribution < 1.29 is 26.7 Å². The van der Waals surface area contributed by atoms with Gasteiger partial charge >= 0.3 is 6.18 Å². The highest BCUT2D eigenvalue weighted by Gasteiger charge is 2.32. The quantitative estimate of drug-likeness (QED) is 0.514. The molecule has 14 heavy (non-hydrogen) atoms. The molecule has 0 fully saturated rings. The lowest BCUT2D eigenvalue weighted by molar-refractivity contribution is -0.138. The zero-order valence-corrected chi connectivity index (χ0v) is 6.53. The summed E-state index contributed by atoms with van der Waals surface area (Å²) < 4.78 is 61.2. The van der Waals surface area contributed by atoms with Gasteiger partial charge in [0.25, 0.3) is 0 Å². The fourth-order valence-electron chi connectivity index (χ4n) is 0.861. The SMILES string of the molecule is O=Cc1c(F)cc(C(F)(F)F)cc1F. The Morgan fingerprint density at radius 2 is 1.50 bits per heavy atom. The van der Waals surface area contributed by atoms with Crippen LogP contribution < -0.4 is 0 Å². The molecule has 0 saturated carbocycles. The van der Waals surface area contributed by atoms with E-state index in [0.29, 0.717) is 0 Å². The topological polar surface area (TPSA) is 17.1 Å². The van der Waals surface area contributed by atoms with Crippen LogP contribution in [0.4, 0.5) is 22.0 Å². The van der Waals surface area contributed by atoms with Crippen LogP contribution in [0.5, 0.6) is 0 Å². The standard InChI is InChI=1S/C8H3F5O/c9-6-1-4(8(11,12)13)2-7(10)5(6)3-14/h1-3H. The molecular weight excluding hydrogens is 207 g/mol. The molecule has 1 aromatic rings. The maximum atomic E-state index is 12.7. The summed E-state index contributed by atoms with van der Waals surface area (Å²) >= 11 is 0. The van der Waals surface area contributed by atoms with E-state index < -0.39 is 28.9 Å². The number of carbonyl (C=O) groups excluding carboxylic acids is 1. The molecule has 6 heteroatoms. The van der Waals surface area contributed by atoms with E-state index in [4.69, 9.17) is 0 Å². The van der Waals surface area contributed by atoms with Crippen molar-refractivity contribution in [3.63, 3.8) is 0 Å². The molecule has 0 aliphatic heterocycles. The Morgan fingerprint density at radius 3 is 1.79 bits per heavy atom. The molecule has 0 bridgehead atoms. The average Bonchev–Trinajstić information content (AvgIpc) is 2.01. The van der Waals surface area contributed by atoms with Crippen LogP contribution in [0.25, 0.3) is 0 Å². The van der Waals surface area contributed by atoms with Gasteiger partial charge in [-0.25, -0.2) is 8.78 Å². The third-order valence-electron chi connectivity index (χ3n) is 1.52. The van der Waals surface area contributed by atoms with E-state index in [0.717, 1.165) is 0 Å². The lowest BCUT2D eigenvalue weighted by Crippen LogP contribution is -2.08. The maximum Gasteiger partial charge on any atom is 0.416 e. The van der Waals surface area contributed by atoms with E-state index in [1.807, 2.05) is 0 Å². The molecule has 0 atom stereocenters. The van der Waals surface area contributed by atoms with Crippen molar-refractivity contribution in [2.45, 2.75) is 6.18 Å². The molecule has 1 aromatic carbocycles. The summed E-state index contributed by atoms with van der Waals surface area (Å²) in [5, 5.41) is 0. The predicted octanol–water partition coefficient (Wildman–Crippen LogP) is 2.80. The van der Waals surface area contributed by atoms with Crippen molar-refractivity contribution in [2.24, 2.45) is 0 Å². The van der Waals surface area contributed by atoms with E-state index in [9.17, 15) is 26.7 Å². The number of halogens is 5. The maximum absolute atomic E-state index is 12.7. The normalized spacial score (nSPS) is 11.5. The van der Waals surface area contributed by atoms with Gasteiger partial charge in [0, 0.05) is 0 Å². The van der Waals surface area contributed by atoms with Crippen LogP contribution in [0.1, 0.15) is 15.9 Å². The van der Waals surface area contributed by atoms with Gasteiger partial charge in [-0.3, -0.25) is 4.79 Å². The molecule has 76 valence electrons. The summed E-state index contributed by atoms with van der Waals surface area (Å²) in [4.78, 5) is 10.0. The van der Waals surface area contributed by atoms with Gasteiger partial charge in [0.05, 0.1) is 11.1 Å². The first-order chi connectivity index (χ1) is 6.36. The fourth-order valence-corrected chi connectivity index (χ4v) is 0.861. The first kappa shape index (κ1) is 10.6. The molecule has 0 aliphatic rings. The van der Waals surface area contributed by atoms with Crippen molar-refractivity contribution in [2.75, 3.05) is 0 Å². The molecule has 0 spiro atoms. The minimum absolute atomic E-state index is 0.0762. The van der Waals surface area contributed by atoms with Crippen molar-refractivity contribution in [3.8, 4) is 0 Å². The lowest BCUT2D eigenvalue weighted by Gasteiger charge is -2.07.